The number of H-pyrrole nitrogens is 1. The van der Waals surface area contributed by atoms with E-state index in [1.54, 1.807) is 0 Å². The number of carbonyl (C=O) groups is 1. The van der Waals surface area contributed by atoms with Gasteiger partial charge in [0.05, 0.1) is 5.52 Å². The molecule has 0 saturated carbocycles. The second-order valence-electron chi connectivity index (χ2n) is 6.27. The normalized spacial score (nSPS) is 14.3. The zero-order chi connectivity index (χ0) is 16.5. The molecule has 3 aromatic rings. The van der Waals surface area contributed by atoms with E-state index in [1.165, 1.54) is 24.1 Å². The summed E-state index contributed by atoms with van der Waals surface area (Å²) >= 11 is 0. The van der Waals surface area contributed by atoms with Crippen molar-refractivity contribution >= 4 is 28.2 Å². The molecule has 2 aromatic carbocycles. The van der Waals surface area contributed by atoms with E-state index in [9.17, 15) is 4.79 Å². The second kappa shape index (κ2) is 6.00. The van der Waals surface area contributed by atoms with Crippen molar-refractivity contribution in [2.24, 2.45) is 0 Å². The Balaban J connectivity index is 1.56. The van der Waals surface area contributed by atoms with Crippen LogP contribution in [0.15, 0.2) is 42.5 Å². The van der Waals surface area contributed by atoms with Gasteiger partial charge in [-0.15, -0.1) is 0 Å². The van der Waals surface area contributed by atoms with Crippen molar-refractivity contribution in [2.75, 3.05) is 23.3 Å². The number of para-hydroxylation sites is 1. The fraction of sp³-hybridized carbons (Fsp3) is 0.263. The molecule has 0 bridgehead atoms. The predicted molar refractivity (Wildman–Crippen MR) is 96.7 cm³/mol. The second-order valence-corrected chi connectivity index (χ2v) is 6.27. The van der Waals surface area contributed by atoms with Gasteiger partial charge < -0.3 is 10.2 Å². The summed E-state index contributed by atoms with van der Waals surface area (Å²) in [5.74, 6) is -0.194. The van der Waals surface area contributed by atoms with Crippen LogP contribution in [0.1, 0.15) is 28.9 Å². The van der Waals surface area contributed by atoms with E-state index < -0.39 is 0 Å². The number of aromatic nitrogens is 2. The molecule has 1 aromatic heterocycles. The highest BCUT2D eigenvalue weighted by Gasteiger charge is 2.16. The van der Waals surface area contributed by atoms with Gasteiger partial charge in [0.15, 0.2) is 5.69 Å². The first kappa shape index (κ1) is 14.8. The first-order valence-electron chi connectivity index (χ1n) is 8.32. The molecule has 0 aliphatic carbocycles. The molecular weight excluding hydrogens is 300 g/mol. The van der Waals surface area contributed by atoms with Gasteiger partial charge in [0.25, 0.3) is 5.91 Å². The molecule has 24 heavy (non-hydrogen) atoms. The third-order valence-corrected chi connectivity index (χ3v) is 4.59. The number of rotatable bonds is 3. The van der Waals surface area contributed by atoms with Gasteiger partial charge in [-0.2, -0.15) is 5.10 Å². The zero-order valence-electron chi connectivity index (χ0n) is 13.7. The highest BCUT2D eigenvalue weighted by Crippen LogP contribution is 2.27. The van der Waals surface area contributed by atoms with Crippen LogP contribution in [-0.4, -0.2) is 29.2 Å². The number of anilines is 2. The van der Waals surface area contributed by atoms with E-state index >= 15 is 0 Å². The third kappa shape index (κ3) is 2.62. The molecule has 2 N–H and O–H groups in total. The highest BCUT2D eigenvalue weighted by molar-refractivity contribution is 6.11. The summed E-state index contributed by atoms with van der Waals surface area (Å²) in [6, 6.07) is 13.7. The molecule has 1 fully saturated rings. The average molecular weight is 320 g/mol. The fourth-order valence-corrected chi connectivity index (χ4v) is 3.37. The van der Waals surface area contributed by atoms with Crippen LogP contribution < -0.4 is 10.2 Å². The molecule has 5 heteroatoms. The Bertz CT molecular complexity index is 893. The number of fused-ring (bicyclic) bond motifs is 1. The Morgan fingerprint density at radius 1 is 1.17 bits per heavy atom. The fourth-order valence-electron chi connectivity index (χ4n) is 3.37. The largest absolute Gasteiger partial charge is 0.371 e. The van der Waals surface area contributed by atoms with Gasteiger partial charge in [-0.3, -0.25) is 9.89 Å². The molecule has 0 atom stereocenters. The van der Waals surface area contributed by atoms with Gasteiger partial charge in [0, 0.05) is 29.9 Å². The molecule has 0 unspecified atom stereocenters. The molecule has 5 nitrogen and oxygen atoms in total. The molecule has 4 rings (SSSR count). The molecule has 1 aliphatic heterocycles. The zero-order valence-corrected chi connectivity index (χ0v) is 13.7. The summed E-state index contributed by atoms with van der Waals surface area (Å²) in [5, 5.41) is 10.8. The third-order valence-electron chi connectivity index (χ3n) is 4.59. The lowest BCUT2D eigenvalue weighted by atomic mass is 10.1. The lowest BCUT2D eigenvalue weighted by Gasteiger charge is -2.20. The Labute approximate surface area is 140 Å². The van der Waals surface area contributed by atoms with Crippen LogP contribution in [0.2, 0.25) is 0 Å². The SMILES string of the molecule is Cc1cc(NC(=O)c2n[nH]c3ccccc23)ccc1N1CCCC1. The van der Waals surface area contributed by atoms with Crippen molar-refractivity contribution in [1.82, 2.24) is 10.2 Å². The minimum atomic E-state index is -0.194. The maximum absolute atomic E-state index is 12.5. The van der Waals surface area contributed by atoms with Crippen LogP contribution in [0.5, 0.6) is 0 Å². The first-order chi connectivity index (χ1) is 11.7. The van der Waals surface area contributed by atoms with Crippen molar-refractivity contribution in [3.05, 3.63) is 53.7 Å². The van der Waals surface area contributed by atoms with Gasteiger partial charge in [0.2, 0.25) is 0 Å². The quantitative estimate of drug-likeness (QED) is 0.773. The van der Waals surface area contributed by atoms with Crippen LogP contribution in [0.3, 0.4) is 0 Å². The number of aryl methyl sites for hydroxylation is 1. The summed E-state index contributed by atoms with van der Waals surface area (Å²) in [6.07, 6.45) is 2.51. The summed E-state index contributed by atoms with van der Waals surface area (Å²) in [4.78, 5) is 14.9. The van der Waals surface area contributed by atoms with Crippen molar-refractivity contribution in [1.29, 1.82) is 0 Å². The summed E-state index contributed by atoms with van der Waals surface area (Å²) < 4.78 is 0. The maximum atomic E-state index is 12.5. The van der Waals surface area contributed by atoms with Crippen LogP contribution in [-0.2, 0) is 0 Å². The van der Waals surface area contributed by atoms with Crippen LogP contribution in [0.25, 0.3) is 10.9 Å². The molecule has 1 aliphatic rings. The van der Waals surface area contributed by atoms with Crippen LogP contribution in [0, 0.1) is 6.92 Å². The van der Waals surface area contributed by atoms with E-state index in [0.29, 0.717) is 5.69 Å². The van der Waals surface area contributed by atoms with Crippen LogP contribution in [0.4, 0.5) is 11.4 Å². The molecule has 0 spiro atoms. The molecule has 122 valence electrons. The van der Waals surface area contributed by atoms with Gasteiger partial charge in [-0.05, 0) is 49.6 Å². The monoisotopic (exact) mass is 320 g/mol. The maximum Gasteiger partial charge on any atom is 0.276 e. The Hall–Kier alpha value is -2.82. The van der Waals surface area contributed by atoms with Crippen molar-refractivity contribution in [2.45, 2.75) is 19.8 Å². The Morgan fingerprint density at radius 2 is 1.96 bits per heavy atom. The number of aromatic amines is 1. The van der Waals surface area contributed by atoms with E-state index in [0.717, 1.165) is 29.7 Å². The van der Waals surface area contributed by atoms with Crippen molar-refractivity contribution < 1.29 is 4.79 Å². The van der Waals surface area contributed by atoms with Gasteiger partial charge in [0.1, 0.15) is 0 Å². The molecule has 2 heterocycles. The topological polar surface area (TPSA) is 61.0 Å². The number of benzene rings is 2. The summed E-state index contributed by atoms with van der Waals surface area (Å²) in [5.41, 5.74) is 4.53. The number of nitrogens with one attached hydrogen (secondary N) is 2. The Kier molecular flexibility index (Phi) is 3.69. The number of nitrogens with zero attached hydrogens (tertiary/aromatic N) is 2. The highest BCUT2D eigenvalue weighted by atomic mass is 16.1. The Morgan fingerprint density at radius 3 is 2.75 bits per heavy atom. The standard InChI is InChI=1S/C19H20N4O/c1-13-12-14(8-9-17(13)23-10-4-5-11-23)20-19(24)18-15-6-2-3-7-16(15)21-22-18/h2-3,6-9,12H,4-5,10-11H2,1H3,(H,20,24)(H,21,22). The van der Waals surface area contributed by atoms with E-state index in [-0.39, 0.29) is 5.91 Å². The molecule has 0 radical (unpaired) electrons. The minimum Gasteiger partial charge on any atom is -0.371 e. The summed E-state index contributed by atoms with van der Waals surface area (Å²) in [6.45, 7) is 4.32. The lowest BCUT2D eigenvalue weighted by Crippen LogP contribution is -2.19. The lowest BCUT2D eigenvalue weighted by molar-refractivity contribution is 0.102. The van der Waals surface area contributed by atoms with E-state index in [1.807, 2.05) is 36.4 Å². The van der Waals surface area contributed by atoms with Crippen molar-refractivity contribution in [3.63, 3.8) is 0 Å². The molecule has 1 saturated heterocycles. The number of amides is 1. The van der Waals surface area contributed by atoms with Gasteiger partial charge in [-0.1, -0.05) is 18.2 Å². The molecular formula is C19H20N4O. The van der Waals surface area contributed by atoms with E-state index in [4.69, 9.17) is 0 Å². The van der Waals surface area contributed by atoms with Gasteiger partial charge in [-0.25, -0.2) is 0 Å². The summed E-state index contributed by atoms with van der Waals surface area (Å²) in [7, 11) is 0. The predicted octanol–water partition coefficient (Wildman–Crippen LogP) is 3.72. The van der Waals surface area contributed by atoms with E-state index in [2.05, 4.69) is 33.4 Å². The van der Waals surface area contributed by atoms with Crippen molar-refractivity contribution in [3.8, 4) is 0 Å². The van der Waals surface area contributed by atoms with Crippen LogP contribution >= 0.6 is 0 Å². The smallest absolute Gasteiger partial charge is 0.276 e. The minimum absolute atomic E-state index is 0.194. The average Bonchev–Trinajstić information content (AvgIpc) is 3.24. The van der Waals surface area contributed by atoms with Gasteiger partial charge >= 0.3 is 0 Å². The number of carbonyl (C=O) groups excluding carboxylic acids is 1. The molecule has 1 amide bonds. The number of hydrogen-bond donors (Lipinski definition) is 2. The number of hydrogen-bond acceptors (Lipinski definition) is 3. The first-order valence-corrected chi connectivity index (χ1v) is 8.32.